The van der Waals surface area contributed by atoms with Gasteiger partial charge in [-0.2, -0.15) is 11.3 Å². The van der Waals surface area contributed by atoms with E-state index in [0.29, 0.717) is 26.1 Å². The number of nitrogens with zero attached hydrogens (tertiary/aromatic N) is 1. The van der Waals surface area contributed by atoms with E-state index in [-0.39, 0.29) is 18.1 Å². The molecule has 0 aromatic carbocycles. The van der Waals surface area contributed by atoms with Gasteiger partial charge in [-0.05, 0) is 42.3 Å². The topological polar surface area (TPSA) is 55.6 Å². The van der Waals surface area contributed by atoms with Crippen LogP contribution in [-0.4, -0.2) is 36.5 Å². The number of amides is 1. The Kier molecular flexibility index (Phi) is 4.74. The normalized spacial score (nSPS) is 24.2. The molecule has 18 heavy (non-hydrogen) atoms. The molecule has 2 rings (SSSR count). The first-order chi connectivity index (χ1) is 8.70. The van der Waals surface area contributed by atoms with Crippen LogP contribution in [0.3, 0.4) is 0 Å². The number of nitrogens with two attached hydrogens (primary N) is 1. The van der Waals surface area contributed by atoms with Gasteiger partial charge in [0, 0.05) is 13.0 Å². The molecule has 2 atom stereocenters. The van der Waals surface area contributed by atoms with Gasteiger partial charge in [-0.25, -0.2) is 0 Å². The van der Waals surface area contributed by atoms with Gasteiger partial charge >= 0.3 is 0 Å². The van der Waals surface area contributed by atoms with Crippen LogP contribution >= 0.6 is 11.3 Å². The van der Waals surface area contributed by atoms with Gasteiger partial charge in [-0.15, -0.1) is 0 Å². The van der Waals surface area contributed by atoms with Crippen LogP contribution in [0.15, 0.2) is 16.8 Å². The lowest BCUT2D eigenvalue weighted by molar-refractivity contribution is -0.144. The number of ether oxygens (including phenoxy) is 1. The van der Waals surface area contributed by atoms with Crippen LogP contribution in [0.5, 0.6) is 0 Å². The molecule has 0 unspecified atom stereocenters. The standard InChI is InChI=1S/C13H20N2O2S/c1-10-7-15(13(16)3-2-5-14)8-12(17-10)11-4-6-18-9-11/h4,6,9-10,12H,2-3,5,7-8,14H2,1H3/t10-,12+/m0/s1. The van der Waals surface area contributed by atoms with Gasteiger partial charge in [-0.1, -0.05) is 0 Å². The Morgan fingerprint density at radius 1 is 1.61 bits per heavy atom. The summed E-state index contributed by atoms with van der Waals surface area (Å²) in [6.45, 7) is 3.93. The fourth-order valence-electron chi connectivity index (χ4n) is 2.21. The van der Waals surface area contributed by atoms with Gasteiger partial charge < -0.3 is 15.4 Å². The van der Waals surface area contributed by atoms with E-state index < -0.39 is 0 Å². The van der Waals surface area contributed by atoms with Crippen molar-refractivity contribution in [1.29, 1.82) is 0 Å². The predicted octanol–water partition coefficient (Wildman–Crippen LogP) is 1.78. The smallest absolute Gasteiger partial charge is 0.222 e. The molecule has 0 bridgehead atoms. The quantitative estimate of drug-likeness (QED) is 0.905. The maximum atomic E-state index is 12.0. The third-order valence-corrected chi connectivity index (χ3v) is 3.82. The van der Waals surface area contributed by atoms with Crippen molar-refractivity contribution in [3.63, 3.8) is 0 Å². The number of morpholine rings is 1. The number of hydrogen-bond donors (Lipinski definition) is 1. The lowest BCUT2D eigenvalue weighted by atomic mass is 10.1. The first-order valence-corrected chi connectivity index (χ1v) is 7.30. The fourth-order valence-corrected chi connectivity index (χ4v) is 2.91. The summed E-state index contributed by atoms with van der Waals surface area (Å²) >= 11 is 1.66. The number of thiophene rings is 1. The highest BCUT2D eigenvalue weighted by molar-refractivity contribution is 7.07. The summed E-state index contributed by atoms with van der Waals surface area (Å²) in [6, 6.07) is 2.07. The van der Waals surface area contributed by atoms with Crippen molar-refractivity contribution in [2.75, 3.05) is 19.6 Å². The third-order valence-electron chi connectivity index (χ3n) is 3.12. The highest BCUT2D eigenvalue weighted by Gasteiger charge is 2.29. The second-order valence-electron chi connectivity index (χ2n) is 4.68. The molecule has 1 amide bonds. The highest BCUT2D eigenvalue weighted by Crippen LogP contribution is 2.27. The first kappa shape index (κ1) is 13.5. The molecule has 1 aliphatic heterocycles. The van der Waals surface area contributed by atoms with E-state index in [2.05, 4.69) is 11.4 Å². The molecule has 4 nitrogen and oxygen atoms in total. The van der Waals surface area contributed by atoms with Gasteiger partial charge in [0.2, 0.25) is 5.91 Å². The average Bonchev–Trinajstić information content (AvgIpc) is 2.89. The molecule has 2 N–H and O–H groups in total. The molecule has 1 saturated heterocycles. The Bertz CT molecular complexity index is 380. The molecule has 5 heteroatoms. The summed E-state index contributed by atoms with van der Waals surface area (Å²) in [5.41, 5.74) is 6.61. The molecular weight excluding hydrogens is 248 g/mol. The number of carbonyl (C=O) groups is 1. The molecule has 1 aliphatic rings. The van der Waals surface area contributed by atoms with Crippen LogP contribution in [0.1, 0.15) is 31.4 Å². The monoisotopic (exact) mass is 268 g/mol. The van der Waals surface area contributed by atoms with E-state index in [0.717, 1.165) is 6.42 Å². The van der Waals surface area contributed by atoms with Crippen molar-refractivity contribution in [1.82, 2.24) is 4.90 Å². The first-order valence-electron chi connectivity index (χ1n) is 6.36. The summed E-state index contributed by atoms with van der Waals surface area (Å²) in [5.74, 6) is 0.191. The van der Waals surface area contributed by atoms with Crippen LogP contribution in [0.4, 0.5) is 0 Å². The van der Waals surface area contributed by atoms with E-state index in [4.69, 9.17) is 10.5 Å². The van der Waals surface area contributed by atoms with E-state index in [1.165, 1.54) is 5.56 Å². The zero-order valence-corrected chi connectivity index (χ0v) is 11.5. The second kappa shape index (κ2) is 6.31. The molecular formula is C13H20N2O2S. The molecule has 2 heterocycles. The zero-order valence-electron chi connectivity index (χ0n) is 10.7. The van der Waals surface area contributed by atoms with Gasteiger partial charge in [0.15, 0.2) is 0 Å². The van der Waals surface area contributed by atoms with E-state index in [9.17, 15) is 4.79 Å². The largest absolute Gasteiger partial charge is 0.367 e. The van der Waals surface area contributed by atoms with Crippen molar-refractivity contribution < 1.29 is 9.53 Å². The molecule has 0 spiro atoms. The summed E-state index contributed by atoms with van der Waals surface area (Å²) in [7, 11) is 0. The van der Waals surface area contributed by atoms with Crippen LogP contribution in [0.2, 0.25) is 0 Å². The van der Waals surface area contributed by atoms with Crippen molar-refractivity contribution in [3.8, 4) is 0 Å². The Morgan fingerprint density at radius 3 is 3.11 bits per heavy atom. The Hall–Kier alpha value is -0.910. The molecule has 1 aromatic heterocycles. The molecule has 0 radical (unpaired) electrons. The molecule has 100 valence electrons. The summed E-state index contributed by atoms with van der Waals surface area (Å²) in [5, 5.41) is 4.13. The predicted molar refractivity (Wildman–Crippen MR) is 72.5 cm³/mol. The Balaban J connectivity index is 1.98. The molecule has 1 aromatic rings. The van der Waals surface area contributed by atoms with Crippen LogP contribution in [-0.2, 0) is 9.53 Å². The van der Waals surface area contributed by atoms with Gasteiger partial charge in [0.05, 0.1) is 12.6 Å². The molecule has 1 fully saturated rings. The lowest BCUT2D eigenvalue weighted by Gasteiger charge is -2.36. The molecule has 0 aliphatic carbocycles. The Morgan fingerprint density at radius 2 is 2.44 bits per heavy atom. The fraction of sp³-hybridized carbons (Fsp3) is 0.615. The van der Waals surface area contributed by atoms with E-state index in [1.54, 1.807) is 11.3 Å². The SMILES string of the molecule is C[C@H]1CN(C(=O)CCCN)C[C@H](c2ccsc2)O1. The summed E-state index contributed by atoms with van der Waals surface area (Å²) < 4.78 is 5.90. The summed E-state index contributed by atoms with van der Waals surface area (Å²) in [6.07, 6.45) is 1.40. The van der Waals surface area contributed by atoms with Gasteiger partial charge in [0.25, 0.3) is 0 Å². The number of carbonyl (C=O) groups excluding carboxylic acids is 1. The van der Waals surface area contributed by atoms with Crippen molar-refractivity contribution in [2.45, 2.75) is 32.0 Å². The minimum atomic E-state index is 0.0156. The van der Waals surface area contributed by atoms with Crippen molar-refractivity contribution in [2.24, 2.45) is 5.73 Å². The van der Waals surface area contributed by atoms with Crippen LogP contribution in [0, 0.1) is 0 Å². The van der Waals surface area contributed by atoms with Crippen molar-refractivity contribution >= 4 is 17.2 Å². The van der Waals surface area contributed by atoms with Gasteiger partial charge in [-0.3, -0.25) is 4.79 Å². The highest BCUT2D eigenvalue weighted by atomic mass is 32.1. The van der Waals surface area contributed by atoms with Crippen molar-refractivity contribution in [3.05, 3.63) is 22.4 Å². The van der Waals surface area contributed by atoms with Crippen LogP contribution < -0.4 is 5.73 Å². The number of hydrogen-bond acceptors (Lipinski definition) is 4. The second-order valence-corrected chi connectivity index (χ2v) is 5.46. The maximum Gasteiger partial charge on any atom is 0.222 e. The van der Waals surface area contributed by atoms with Crippen LogP contribution in [0.25, 0.3) is 0 Å². The third kappa shape index (κ3) is 3.31. The van der Waals surface area contributed by atoms with Gasteiger partial charge in [0.1, 0.15) is 6.10 Å². The summed E-state index contributed by atoms with van der Waals surface area (Å²) in [4.78, 5) is 13.9. The molecule has 0 saturated carbocycles. The Labute approximate surface area is 112 Å². The maximum absolute atomic E-state index is 12.0. The van der Waals surface area contributed by atoms with E-state index >= 15 is 0 Å². The zero-order chi connectivity index (χ0) is 13.0. The lowest BCUT2D eigenvalue weighted by Crippen LogP contribution is -2.45. The number of rotatable bonds is 4. The minimum absolute atomic E-state index is 0.0156. The average molecular weight is 268 g/mol. The van der Waals surface area contributed by atoms with E-state index in [1.807, 2.05) is 17.2 Å². The minimum Gasteiger partial charge on any atom is -0.367 e.